The van der Waals surface area contributed by atoms with Crippen LogP contribution in [0.4, 0.5) is 4.39 Å². The zero-order valence-electron chi connectivity index (χ0n) is 18.6. The predicted octanol–water partition coefficient (Wildman–Crippen LogP) is 2.84. The average molecular weight is 476 g/mol. The number of rotatable bonds is 7. The second-order valence-corrected chi connectivity index (χ2v) is 8.55. The fourth-order valence-corrected chi connectivity index (χ4v) is 4.96. The van der Waals surface area contributed by atoms with Gasteiger partial charge in [0.1, 0.15) is 12.4 Å². The van der Waals surface area contributed by atoms with Crippen LogP contribution in [0, 0.1) is 5.82 Å². The van der Waals surface area contributed by atoms with Crippen LogP contribution >= 0.6 is 11.8 Å². The Morgan fingerprint density at radius 2 is 2.00 bits per heavy atom. The van der Waals surface area contributed by atoms with Gasteiger partial charge in [-0.25, -0.2) is 14.2 Å². The highest BCUT2D eigenvalue weighted by Crippen LogP contribution is 2.45. The van der Waals surface area contributed by atoms with Crippen LogP contribution in [-0.4, -0.2) is 73.5 Å². The third kappa shape index (κ3) is 4.97. The first-order valence-electron chi connectivity index (χ1n) is 10.7. The molecule has 0 saturated carbocycles. The van der Waals surface area contributed by atoms with Gasteiger partial charge in [-0.15, -0.1) is 0 Å². The lowest BCUT2D eigenvalue weighted by Gasteiger charge is -2.37. The molecule has 8 nitrogen and oxygen atoms in total. The highest BCUT2D eigenvalue weighted by Gasteiger charge is 2.42. The molecule has 0 N–H and O–H groups in total. The van der Waals surface area contributed by atoms with Crippen molar-refractivity contribution in [3.05, 3.63) is 58.0 Å². The summed E-state index contributed by atoms with van der Waals surface area (Å²) in [6.45, 7) is 4.11. The molecular weight excluding hydrogens is 449 g/mol. The van der Waals surface area contributed by atoms with E-state index in [0.29, 0.717) is 48.4 Å². The quantitative estimate of drug-likeness (QED) is 0.443. The van der Waals surface area contributed by atoms with Crippen molar-refractivity contribution in [2.75, 3.05) is 46.6 Å². The molecule has 176 valence electrons. The molecule has 3 aliphatic heterocycles. The van der Waals surface area contributed by atoms with Crippen molar-refractivity contribution in [2.24, 2.45) is 4.99 Å². The van der Waals surface area contributed by atoms with E-state index >= 15 is 4.39 Å². The third-order valence-electron chi connectivity index (χ3n) is 5.64. The average Bonchev–Trinajstić information content (AvgIpc) is 3.21. The van der Waals surface area contributed by atoms with Gasteiger partial charge in [0.2, 0.25) is 5.91 Å². The Morgan fingerprint density at radius 3 is 2.73 bits per heavy atom. The van der Waals surface area contributed by atoms with Gasteiger partial charge in [0.25, 0.3) is 0 Å². The number of allylic oxidation sites excluding steroid dienone is 1. The Bertz CT molecular complexity index is 1020. The van der Waals surface area contributed by atoms with Gasteiger partial charge in [0.05, 0.1) is 43.6 Å². The molecule has 1 saturated heterocycles. The summed E-state index contributed by atoms with van der Waals surface area (Å²) in [6.07, 6.45) is 0.113. The standard InChI is InChI=1S/C23H26FN3O5S/c1-15-20(22(29)32-12-11-30-2)21(17-5-3-4-6-18(17)24)27-16(14-33-23(27)25-15)13-19(28)26-7-9-31-10-8-26/h3-6,14,21H,7-13H2,1-2H3. The first-order chi connectivity index (χ1) is 16.0. The fourth-order valence-electron chi connectivity index (χ4n) is 4.00. The number of hydrogen-bond donors (Lipinski definition) is 0. The van der Waals surface area contributed by atoms with Crippen molar-refractivity contribution in [3.63, 3.8) is 0 Å². The molecule has 1 unspecified atom stereocenters. The van der Waals surface area contributed by atoms with Crippen LogP contribution in [0.1, 0.15) is 24.9 Å². The van der Waals surface area contributed by atoms with Gasteiger partial charge >= 0.3 is 5.97 Å². The monoisotopic (exact) mass is 475 g/mol. The lowest BCUT2D eigenvalue weighted by molar-refractivity contribution is -0.141. The molecule has 1 fully saturated rings. The lowest BCUT2D eigenvalue weighted by Crippen LogP contribution is -2.42. The molecule has 0 radical (unpaired) electrons. The van der Waals surface area contributed by atoms with Crippen LogP contribution in [0.15, 0.2) is 51.6 Å². The van der Waals surface area contributed by atoms with Gasteiger partial charge in [0, 0.05) is 31.5 Å². The van der Waals surface area contributed by atoms with Crippen LogP contribution in [0.5, 0.6) is 0 Å². The van der Waals surface area contributed by atoms with E-state index in [0.717, 1.165) is 0 Å². The lowest BCUT2D eigenvalue weighted by atomic mass is 9.93. The Hall–Kier alpha value is -2.69. The number of thioether (sulfide) groups is 1. The largest absolute Gasteiger partial charge is 0.460 e. The molecule has 3 aliphatic rings. The maximum absolute atomic E-state index is 15.0. The number of hydrogen-bond acceptors (Lipinski definition) is 8. The predicted molar refractivity (Wildman–Crippen MR) is 122 cm³/mol. The number of esters is 1. The summed E-state index contributed by atoms with van der Waals surface area (Å²) in [5, 5.41) is 2.44. The Labute approximate surface area is 196 Å². The second kappa shape index (κ2) is 10.5. The topological polar surface area (TPSA) is 80.7 Å². The summed E-state index contributed by atoms with van der Waals surface area (Å²) in [6, 6.07) is 5.52. The van der Waals surface area contributed by atoms with Crippen molar-refractivity contribution >= 4 is 28.8 Å². The number of amides is 1. The Balaban J connectivity index is 1.67. The van der Waals surface area contributed by atoms with Crippen molar-refractivity contribution < 1.29 is 28.2 Å². The van der Waals surface area contributed by atoms with E-state index in [1.54, 1.807) is 34.9 Å². The van der Waals surface area contributed by atoms with Crippen molar-refractivity contribution in [1.82, 2.24) is 9.80 Å². The van der Waals surface area contributed by atoms with Crippen molar-refractivity contribution in [2.45, 2.75) is 19.4 Å². The number of aliphatic imine (C=N–C) groups is 1. The van der Waals surface area contributed by atoms with E-state index in [2.05, 4.69) is 4.99 Å². The first kappa shape index (κ1) is 23.5. The van der Waals surface area contributed by atoms with Gasteiger partial charge in [-0.2, -0.15) is 0 Å². The fraction of sp³-hybridized carbons (Fsp3) is 0.435. The number of methoxy groups -OCH3 is 1. The smallest absolute Gasteiger partial charge is 0.338 e. The minimum Gasteiger partial charge on any atom is -0.460 e. The molecule has 3 heterocycles. The molecule has 0 spiro atoms. The van der Waals surface area contributed by atoms with Gasteiger partial charge in [0.15, 0.2) is 5.17 Å². The van der Waals surface area contributed by atoms with Crippen molar-refractivity contribution in [1.29, 1.82) is 0 Å². The van der Waals surface area contributed by atoms with Crippen LogP contribution in [-0.2, 0) is 23.8 Å². The third-order valence-corrected chi connectivity index (χ3v) is 6.53. The zero-order chi connectivity index (χ0) is 23.4. The van der Waals surface area contributed by atoms with Crippen LogP contribution in [0.2, 0.25) is 0 Å². The van der Waals surface area contributed by atoms with E-state index in [-0.39, 0.29) is 31.1 Å². The summed E-state index contributed by atoms with van der Waals surface area (Å²) >= 11 is 1.36. The molecule has 0 bridgehead atoms. The number of carbonyl (C=O) groups is 2. The minimum absolute atomic E-state index is 0.0471. The maximum atomic E-state index is 15.0. The zero-order valence-corrected chi connectivity index (χ0v) is 19.4. The second-order valence-electron chi connectivity index (χ2n) is 7.71. The first-order valence-corrected chi connectivity index (χ1v) is 11.6. The van der Waals surface area contributed by atoms with Crippen LogP contribution < -0.4 is 0 Å². The molecule has 1 amide bonds. The van der Waals surface area contributed by atoms with E-state index in [4.69, 9.17) is 14.2 Å². The Morgan fingerprint density at radius 1 is 1.24 bits per heavy atom. The van der Waals surface area contributed by atoms with E-state index in [1.165, 1.54) is 24.9 Å². The summed E-state index contributed by atoms with van der Waals surface area (Å²) in [5.74, 6) is -1.08. The summed E-state index contributed by atoms with van der Waals surface area (Å²) in [5.41, 5.74) is 1.68. The number of ether oxygens (including phenoxy) is 3. The highest BCUT2D eigenvalue weighted by molar-refractivity contribution is 8.16. The number of carbonyl (C=O) groups excluding carboxylic acids is 2. The number of benzene rings is 1. The summed E-state index contributed by atoms with van der Waals surface area (Å²) in [7, 11) is 1.52. The van der Waals surface area contributed by atoms with Gasteiger partial charge in [-0.05, 0) is 18.4 Å². The van der Waals surface area contributed by atoms with Gasteiger partial charge in [-0.1, -0.05) is 30.0 Å². The number of halogens is 1. The maximum Gasteiger partial charge on any atom is 0.338 e. The molecule has 4 rings (SSSR count). The SMILES string of the molecule is COCCOC(=O)C1=C(C)N=C2SC=C(CC(=O)N3CCOCC3)N2C1c1ccccc1F. The number of nitrogens with zero attached hydrogens (tertiary/aromatic N) is 3. The van der Waals surface area contributed by atoms with Gasteiger partial charge < -0.3 is 24.0 Å². The van der Waals surface area contributed by atoms with Crippen molar-refractivity contribution in [3.8, 4) is 0 Å². The minimum atomic E-state index is -0.799. The van der Waals surface area contributed by atoms with E-state index < -0.39 is 17.8 Å². The molecule has 1 atom stereocenters. The highest BCUT2D eigenvalue weighted by atomic mass is 32.2. The van der Waals surface area contributed by atoms with Crippen LogP contribution in [0.3, 0.4) is 0 Å². The normalized spacial score (nSPS) is 20.4. The number of amidine groups is 1. The summed E-state index contributed by atoms with van der Waals surface area (Å²) < 4.78 is 30.7. The Kier molecular flexibility index (Phi) is 7.46. The number of morpholine rings is 1. The number of fused-ring (bicyclic) bond motifs is 1. The molecule has 0 aromatic heterocycles. The van der Waals surface area contributed by atoms with E-state index in [1.807, 2.05) is 5.41 Å². The van der Waals surface area contributed by atoms with E-state index in [9.17, 15) is 9.59 Å². The van der Waals surface area contributed by atoms with Gasteiger partial charge in [-0.3, -0.25) is 4.79 Å². The summed E-state index contributed by atoms with van der Waals surface area (Å²) in [4.78, 5) is 34.1. The molecule has 1 aromatic rings. The molecule has 1 aromatic carbocycles. The molecule has 33 heavy (non-hydrogen) atoms. The molecular formula is C23H26FN3O5S. The van der Waals surface area contributed by atoms with Crippen LogP contribution in [0.25, 0.3) is 0 Å². The molecule has 10 heteroatoms. The molecule has 0 aliphatic carbocycles.